The van der Waals surface area contributed by atoms with E-state index in [0.29, 0.717) is 10.8 Å². The molecule has 0 spiro atoms. The highest BCUT2D eigenvalue weighted by Crippen LogP contribution is 2.38. The van der Waals surface area contributed by atoms with Gasteiger partial charge in [0.1, 0.15) is 12.0 Å². The summed E-state index contributed by atoms with van der Waals surface area (Å²) in [6.07, 6.45) is 2.84. The van der Waals surface area contributed by atoms with Crippen LogP contribution in [0.5, 0.6) is 0 Å². The largest absolute Gasteiger partial charge is 0.370 e. The molecule has 1 aliphatic heterocycles. The highest BCUT2D eigenvalue weighted by Gasteiger charge is 2.19. The average molecular weight is 389 g/mol. The number of hydrogen-bond acceptors (Lipinski definition) is 4. The van der Waals surface area contributed by atoms with Gasteiger partial charge in [-0.2, -0.15) is 5.10 Å². The lowest BCUT2D eigenvalue weighted by molar-refractivity contribution is 0.251. The number of fused-ring (bicyclic) bond motifs is 2. The minimum atomic E-state index is -0.742. The molecule has 138 valence electrons. The minimum Gasteiger partial charge on any atom is -0.370 e. The molecule has 6 heteroatoms. The molecule has 0 fully saturated rings. The van der Waals surface area contributed by atoms with E-state index >= 15 is 0 Å². The fourth-order valence-electron chi connectivity index (χ4n) is 3.55. The second-order valence-corrected chi connectivity index (χ2v) is 7.23. The summed E-state index contributed by atoms with van der Waals surface area (Å²) in [5, 5.41) is 21.8. The lowest BCUT2D eigenvalue weighted by Crippen LogP contribution is -2.20. The van der Waals surface area contributed by atoms with Crippen molar-refractivity contribution >= 4 is 34.4 Å². The number of nitrogens with one attached hydrogen (secondary N) is 2. The van der Waals surface area contributed by atoms with E-state index in [9.17, 15) is 5.11 Å². The van der Waals surface area contributed by atoms with E-state index in [1.54, 1.807) is 6.08 Å². The van der Waals surface area contributed by atoms with Crippen LogP contribution in [0.1, 0.15) is 11.3 Å². The van der Waals surface area contributed by atoms with Crippen molar-refractivity contribution in [2.45, 2.75) is 13.2 Å². The SMILES string of the molecule is Cc1n[nH]c2c(Cl)cc(-c3cc4c(nc3-c3ccccc3)NC(O)C=C4)cc12. The lowest BCUT2D eigenvalue weighted by atomic mass is 9.95. The maximum atomic E-state index is 9.90. The van der Waals surface area contributed by atoms with Gasteiger partial charge in [0.15, 0.2) is 0 Å². The number of halogens is 1. The van der Waals surface area contributed by atoms with Gasteiger partial charge in [-0.15, -0.1) is 0 Å². The maximum absolute atomic E-state index is 9.90. The number of aliphatic hydroxyl groups is 1. The summed E-state index contributed by atoms with van der Waals surface area (Å²) in [4.78, 5) is 4.84. The van der Waals surface area contributed by atoms with E-state index in [1.165, 1.54) is 0 Å². The standard InChI is InChI=1S/C22H17ClN4O/c1-12-16-10-15(11-18(23)21(16)27-26-12)17-9-14-7-8-19(28)24-22(14)25-20(17)13-5-3-2-4-6-13/h2-11,19,28H,1H3,(H,24,25)(H,26,27). The number of nitrogens with zero attached hydrogens (tertiary/aromatic N) is 2. The molecular formula is C22H17ClN4O. The smallest absolute Gasteiger partial charge is 0.145 e. The first-order valence-corrected chi connectivity index (χ1v) is 9.36. The number of rotatable bonds is 2. The zero-order valence-corrected chi connectivity index (χ0v) is 15.8. The van der Waals surface area contributed by atoms with Crippen molar-refractivity contribution in [2.75, 3.05) is 5.32 Å². The molecule has 2 aromatic heterocycles. The molecule has 1 unspecified atom stereocenters. The summed E-state index contributed by atoms with van der Waals surface area (Å²) in [5.74, 6) is 0.657. The van der Waals surface area contributed by atoms with E-state index in [1.807, 2.05) is 49.4 Å². The number of benzene rings is 2. The average Bonchev–Trinajstić information content (AvgIpc) is 3.09. The van der Waals surface area contributed by atoms with Gasteiger partial charge in [-0.05, 0) is 36.8 Å². The van der Waals surface area contributed by atoms with Crippen LogP contribution >= 0.6 is 11.6 Å². The Bertz CT molecular complexity index is 1230. The van der Waals surface area contributed by atoms with Crippen molar-refractivity contribution in [1.29, 1.82) is 0 Å². The molecule has 0 saturated carbocycles. The number of aromatic nitrogens is 3. The van der Waals surface area contributed by atoms with Crippen LogP contribution in [0.2, 0.25) is 5.02 Å². The summed E-state index contributed by atoms with van der Waals surface area (Å²) in [5.41, 5.74) is 6.40. The molecule has 0 saturated heterocycles. The van der Waals surface area contributed by atoms with E-state index in [2.05, 4.69) is 27.6 Å². The number of aromatic amines is 1. The zero-order chi connectivity index (χ0) is 19.3. The van der Waals surface area contributed by atoms with Gasteiger partial charge in [0.25, 0.3) is 0 Å². The van der Waals surface area contributed by atoms with Crippen molar-refractivity contribution in [3.63, 3.8) is 0 Å². The maximum Gasteiger partial charge on any atom is 0.145 e. The number of hydrogen-bond donors (Lipinski definition) is 3. The number of aliphatic hydroxyl groups excluding tert-OH is 1. The molecule has 3 heterocycles. The fourth-order valence-corrected chi connectivity index (χ4v) is 3.81. The number of H-pyrrole nitrogens is 1. The second kappa shape index (κ2) is 6.48. The van der Waals surface area contributed by atoms with Crippen LogP contribution in [0.3, 0.4) is 0 Å². The second-order valence-electron chi connectivity index (χ2n) is 6.83. The molecule has 3 N–H and O–H groups in total. The molecular weight excluding hydrogens is 372 g/mol. The molecule has 5 rings (SSSR count). The molecule has 0 amide bonds. The monoisotopic (exact) mass is 388 g/mol. The van der Waals surface area contributed by atoms with Gasteiger partial charge >= 0.3 is 0 Å². The van der Waals surface area contributed by atoms with Gasteiger partial charge in [0.05, 0.1) is 21.9 Å². The Labute approximate surface area is 166 Å². The third-order valence-electron chi connectivity index (χ3n) is 4.97. The van der Waals surface area contributed by atoms with Crippen LogP contribution < -0.4 is 5.32 Å². The predicted octanol–water partition coefficient (Wildman–Crippen LogP) is 5.01. The first-order valence-electron chi connectivity index (χ1n) is 8.98. The van der Waals surface area contributed by atoms with Crippen LogP contribution in [0.4, 0.5) is 5.82 Å². The van der Waals surface area contributed by atoms with E-state index in [4.69, 9.17) is 16.6 Å². The number of pyridine rings is 1. The fraction of sp³-hybridized carbons (Fsp3) is 0.0909. The van der Waals surface area contributed by atoms with Gasteiger partial charge < -0.3 is 10.4 Å². The topological polar surface area (TPSA) is 73.8 Å². The first-order chi connectivity index (χ1) is 13.6. The van der Waals surface area contributed by atoms with Crippen LogP contribution in [-0.2, 0) is 0 Å². The molecule has 0 aliphatic carbocycles. The third-order valence-corrected chi connectivity index (χ3v) is 5.27. The highest BCUT2D eigenvalue weighted by atomic mass is 35.5. The van der Waals surface area contributed by atoms with Crippen LogP contribution in [0.15, 0.2) is 54.6 Å². The van der Waals surface area contributed by atoms with Crippen LogP contribution in [-0.4, -0.2) is 26.5 Å². The van der Waals surface area contributed by atoms with Crippen molar-refractivity contribution in [1.82, 2.24) is 15.2 Å². The van der Waals surface area contributed by atoms with Gasteiger partial charge in [0, 0.05) is 22.1 Å². The van der Waals surface area contributed by atoms with E-state index in [-0.39, 0.29) is 0 Å². The van der Waals surface area contributed by atoms with Crippen molar-refractivity contribution < 1.29 is 5.11 Å². The van der Waals surface area contributed by atoms with Gasteiger partial charge in [-0.25, -0.2) is 4.98 Å². The normalized spacial score (nSPS) is 15.5. The van der Waals surface area contributed by atoms with Crippen molar-refractivity contribution in [3.05, 3.63) is 70.9 Å². The minimum absolute atomic E-state index is 0.619. The number of aryl methyl sites for hydroxylation is 1. The third kappa shape index (κ3) is 2.76. The highest BCUT2D eigenvalue weighted by molar-refractivity contribution is 6.35. The van der Waals surface area contributed by atoms with E-state index in [0.717, 1.165) is 44.5 Å². The van der Waals surface area contributed by atoms with Gasteiger partial charge in [-0.3, -0.25) is 5.10 Å². The summed E-state index contributed by atoms with van der Waals surface area (Å²) in [7, 11) is 0. The quantitative estimate of drug-likeness (QED) is 0.451. The molecule has 0 radical (unpaired) electrons. The van der Waals surface area contributed by atoms with Gasteiger partial charge in [-0.1, -0.05) is 48.0 Å². The summed E-state index contributed by atoms with van der Waals surface area (Å²) < 4.78 is 0. The van der Waals surface area contributed by atoms with Gasteiger partial charge in [0.2, 0.25) is 0 Å². The Morgan fingerprint density at radius 2 is 1.89 bits per heavy atom. The van der Waals surface area contributed by atoms with Crippen molar-refractivity contribution in [2.24, 2.45) is 0 Å². The molecule has 5 nitrogen and oxygen atoms in total. The predicted molar refractivity (Wildman–Crippen MR) is 113 cm³/mol. The molecule has 1 atom stereocenters. The Hall–Kier alpha value is -3.15. The Balaban J connectivity index is 1.79. The van der Waals surface area contributed by atoms with Crippen LogP contribution in [0, 0.1) is 6.92 Å². The molecule has 1 aliphatic rings. The molecule has 28 heavy (non-hydrogen) atoms. The first kappa shape index (κ1) is 17.0. The lowest BCUT2D eigenvalue weighted by Gasteiger charge is -2.20. The zero-order valence-electron chi connectivity index (χ0n) is 15.1. The Kier molecular flexibility index (Phi) is 3.93. The Morgan fingerprint density at radius 1 is 1.07 bits per heavy atom. The molecule has 0 bridgehead atoms. The molecule has 4 aromatic rings. The van der Waals surface area contributed by atoms with Crippen molar-refractivity contribution in [3.8, 4) is 22.4 Å². The Morgan fingerprint density at radius 3 is 2.71 bits per heavy atom. The molecule has 2 aromatic carbocycles. The van der Waals surface area contributed by atoms with Crippen LogP contribution in [0.25, 0.3) is 39.4 Å². The number of anilines is 1. The van der Waals surface area contributed by atoms with E-state index < -0.39 is 6.23 Å². The summed E-state index contributed by atoms with van der Waals surface area (Å²) in [6.45, 7) is 1.95. The summed E-state index contributed by atoms with van der Waals surface area (Å²) in [6, 6.07) is 16.1. The summed E-state index contributed by atoms with van der Waals surface area (Å²) >= 11 is 6.54.